The van der Waals surface area contributed by atoms with E-state index in [9.17, 15) is 14.9 Å². The number of furan rings is 1. The van der Waals surface area contributed by atoms with Crippen molar-refractivity contribution in [2.24, 2.45) is 0 Å². The molecule has 0 fully saturated rings. The Bertz CT molecular complexity index is 579. The number of non-ortho nitro benzene ring substituents is 1. The second-order valence-electron chi connectivity index (χ2n) is 3.80. The van der Waals surface area contributed by atoms with Crippen molar-refractivity contribution >= 4 is 23.4 Å². The van der Waals surface area contributed by atoms with E-state index >= 15 is 0 Å². The van der Waals surface area contributed by atoms with Crippen molar-refractivity contribution in [2.45, 2.75) is 5.75 Å². The Balaban J connectivity index is 1.77. The molecule has 0 bridgehead atoms. The molecule has 20 heavy (non-hydrogen) atoms. The SMILES string of the molecule is O=C(CSCc1ccco1)Oc1ccc([N+](=O)[O-])cc1. The minimum absolute atomic E-state index is 0.0445. The zero-order valence-electron chi connectivity index (χ0n) is 10.4. The molecule has 0 aliphatic carbocycles. The van der Waals surface area contributed by atoms with Crippen LogP contribution in [0.1, 0.15) is 5.76 Å². The summed E-state index contributed by atoms with van der Waals surface area (Å²) in [6.07, 6.45) is 1.57. The highest BCUT2D eigenvalue weighted by Crippen LogP contribution is 2.18. The molecule has 7 heteroatoms. The maximum atomic E-state index is 11.6. The van der Waals surface area contributed by atoms with Gasteiger partial charge in [0.2, 0.25) is 0 Å². The summed E-state index contributed by atoms with van der Waals surface area (Å²) in [4.78, 5) is 21.5. The first kappa shape index (κ1) is 14.1. The molecule has 0 aliphatic rings. The van der Waals surface area contributed by atoms with Gasteiger partial charge in [0.15, 0.2) is 0 Å². The molecule has 104 valence electrons. The summed E-state index contributed by atoms with van der Waals surface area (Å²) >= 11 is 1.37. The molecule has 0 spiro atoms. The molecular weight excluding hydrogens is 282 g/mol. The van der Waals surface area contributed by atoms with Crippen molar-refractivity contribution in [1.29, 1.82) is 0 Å². The Labute approximate surface area is 118 Å². The number of hydrogen-bond acceptors (Lipinski definition) is 6. The smallest absolute Gasteiger partial charge is 0.321 e. The van der Waals surface area contributed by atoms with E-state index in [1.807, 2.05) is 6.07 Å². The van der Waals surface area contributed by atoms with Gasteiger partial charge < -0.3 is 9.15 Å². The molecule has 0 atom stereocenters. The lowest BCUT2D eigenvalue weighted by molar-refractivity contribution is -0.384. The number of benzene rings is 1. The second-order valence-corrected chi connectivity index (χ2v) is 4.78. The third kappa shape index (κ3) is 4.13. The van der Waals surface area contributed by atoms with Crippen LogP contribution in [0.3, 0.4) is 0 Å². The Morgan fingerprint density at radius 3 is 2.65 bits per heavy atom. The van der Waals surface area contributed by atoms with E-state index in [0.29, 0.717) is 11.5 Å². The summed E-state index contributed by atoms with van der Waals surface area (Å²) in [5, 5.41) is 10.5. The highest BCUT2D eigenvalue weighted by molar-refractivity contribution is 7.99. The summed E-state index contributed by atoms with van der Waals surface area (Å²) < 4.78 is 10.2. The predicted octanol–water partition coefficient (Wildman–Crippen LogP) is 3.03. The van der Waals surface area contributed by atoms with Crippen molar-refractivity contribution in [3.05, 3.63) is 58.5 Å². The van der Waals surface area contributed by atoms with Gasteiger partial charge in [-0.05, 0) is 24.3 Å². The number of hydrogen-bond donors (Lipinski definition) is 0. The Morgan fingerprint density at radius 2 is 2.05 bits per heavy atom. The topological polar surface area (TPSA) is 82.6 Å². The van der Waals surface area contributed by atoms with E-state index in [2.05, 4.69) is 0 Å². The van der Waals surface area contributed by atoms with Gasteiger partial charge in [-0.2, -0.15) is 0 Å². The number of esters is 1. The molecule has 0 aliphatic heterocycles. The molecule has 1 aromatic heterocycles. The number of nitro groups is 1. The zero-order chi connectivity index (χ0) is 14.4. The van der Waals surface area contributed by atoms with Gasteiger partial charge in [-0.3, -0.25) is 14.9 Å². The average Bonchev–Trinajstić information content (AvgIpc) is 2.92. The van der Waals surface area contributed by atoms with Gasteiger partial charge in [-0.25, -0.2) is 0 Å². The molecule has 0 saturated heterocycles. The Morgan fingerprint density at radius 1 is 1.30 bits per heavy atom. The van der Waals surface area contributed by atoms with Crippen LogP contribution in [0.2, 0.25) is 0 Å². The minimum atomic E-state index is -0.509. The lowest BCUT2D eigenvalue weighted by atomic mass is 10.3. The van der Waals surface area contributed by atoms with Crippen molar-refractivity contribution in [3.8, 4) is 5.75 Å². The Kier molecular flexibility index (Phi) is 4.78. The van der Waals surface area contributed by atoms with E-state index in [-0.39, 0.29) is 11.4 Å². The summed E-state index contributed by atoms with van der Waals surface area (Å²) in [5.74, 6) is 1.44. The number of rotatable bonds is 6. The summed E-state index contributed by atoms with van der Waals surface area (Å²) in [5.41, 5.74) is -0.0445. The fourth-order valence-electron chi connectivity index (χ4n) is 1.43. The van der Waals surface area contributed by atoms with Crippen LogP contribution < -0.4 is 4.74 Å². The maximum Gasteiger partial charge on any atom is 0.321 e. The lowest BCUT2D eigenvalue weighted by Crippen LogP contribution is -2.10. The third-order valence-corrected chi connectivity index (χ3v) is 3.25. The lowest BCUT2D eigenvalue weighted by Gasteiger charge is -2.03. The van der Waals surface area contributed by atoms with Crippen LogP contribution in [-0.4, -0.2) is 16.6 Å². The first-order valence-corrected chi connectivity index (χ1v) is 6.86. The van der Waals surface area contributed by atoms with Crippen LogP contribution in [-0.2, 0) is 10.5 Å². The van der Waals surface area contributed by atoms with Crippen LogP contribution >= 0.6 is 11.8 Å². The Hall–Kier alpha value is -2.28. The first-order chi connectivity index (χ1) is 9.65. The van der Waals surface area contributed by atoms with Gasteiger partial charge in [0, 0.05) is 12.1 Å². The second kappa shape index (κ2) is 6.76. The molecular formula is C13H11NO5S. The average molecular weight is 293 g/mol. The van der Waals surface area contributed by atoms with Gasteiger partial charge in [-0.1, -0.05) is 0 Å². The van der Waals surface area contributed by atoms with Crippen LogP contribution in [0.4, 0.5) is 5.69 Å². The molecule has 2 aromatic rings. The molecule has 0 amide bonds. The number of thioether (sulfide) groups is 1. The van der Waals surface area contributed by atoms with Crippen LogP contribution in [0.25, 0.3) is 0 Å². The van der Waals surface area contributed by atoms with Gasteiger partial charge in [0.05, 0.1) is 22.7 Å². The molecule has 0 unspecified atom stereocenters. The van der Waals surface area contributed by atoms with Crippen molar-refractivity contribution in [2.75, 3.05) is 5.75 Å². The normalized spacial score (nSPS) is 10.2. The molecule has 0 radical (unpaired) electrons. The van der Waals surface area contributed by atoms with Crippen LogP contribution in [0, 0.1) is 10.1 Å². The summed E-state index contributed by atoms with van der Waals surface area (Å²) in [6.45, 7) is 0. The quantitative estimate of drug-likeness (QED) is 0.352. The van der Waals surface area contributed by atoms with Gasteiger partial charge in [0.1, 0.15) is 11.5 Å². The van der Waals surface area contributed by atoms with E-state index in [4.69, 9.17) is 9.15 Å². The zero-order valence-corrected chi connectivity index (χ0v) is 11.2. The van der Waals surface area contributed by atoms with E-state index in [1.165, 1.54) is 36.0 Å². The highest BCUT2D eigenvalue weighted by atomic mass is 32.2. The van der Waals surface area contributed by atoms with Crippen LogP contribution in [0.15, 0.2) is 47.1 Å². The van der Waals surface area contributed by atoms with Crippen LogP contribution in [0.5, 0.6) is 5.75 Å². The fraction of sp³-hybridized carbons (Fsp3) is 0.154. The molecule has 0 saturated carbocycles. The third-order valence-electron chi connectivity index (χ3n) is 2.32. The number of carbonyl (C=O) groups excluding carboxylic acids is 1. The van der Waals surface area contributed by atoms with Crippen molar-refractivity contribution < 1.29 is 18.9 Å². The first-order valence-electron chi connectivity index (χ1n) is 5.70. The van der Waals surface area contributed by atoms with E-state index in [1.54, 1.807) is 12.3 Å². The highest BCUT2D eigenvalue weighted by Gasteiger charge is 2.08. The molecule has 1 aromatic carbocycles. The van der Waals surface area contributed by atoms with Gasteiger partial charge in [-0.15, -0.1) is 11.8 Å². The van der Waals surface area contributed by atoms with Crippen molar-refractivity contribution in [3.63, 3.8) is 0 Å². The standard InChI is InChI=1S/C13H11NO5S/c15-13(9-20-8-12-2-1-7-18-12)19-11-5-3-10(4-6-11)14(16)17/h1-7H,8-9H2. The summed E-state index contributed by atoms with van der Waals surface area (Å²) in [6, 6.07) is 8.98. The number of nitro benzene ring substituents is 1. The van der Waals surface area contributed by atoms with Gasteiger partial charge >= 0.3 is 5.97 Å². The van der Waals surface area contributed by atoms with E-state index in [0.717, 1.165) is 5.76 Å². The van der Waals surface area contributed by atoms with Gasteiger partial charge in [0.25, 0.3) is 5.69 Å². The van der Waals surface area contributed by atoms with Crippen molar-refractivity contribution in [1.82, 2.24) is 0 Å². The number of carbonyl (C=O) groups is 1. The van der Waals surface area contributed by atoms with E-state index < -0.39 is 10.9 Å². The molecule has 2 rings (SSSR count). The molecule has 6 nitrogen and oxygen atoms in total. The largest absolute Gasteiger partial charge is 0.468 e. The molecule has 1 heterocycles. The fourth-order valence-corrected chi connectivity index (χ4v) is 2.12. The number of nitrogens with zero attached hydrogens (tertiary/aromatic N) is 1. The molecule has 0 N–H and O–H groups in total. The predicted molar refractivity (Wildman–Crippen MR) is 73.6 cm³/mol. The monoisotopic (exact) mass is 293 g/mol. The summed E-state index contributed by atoms with van der Waals surface area (Å²) in [7, 11) is 0. The minimum Gasteiger partial charge on any atom is -0.468 e. The number of ether oxygens (including phenoxy) is 1. The maximum absolute atomic E-state index is 11.6.